The van der Waals surface area contributed by atoms with Gasteiger partial charge in [-0.2, -0.15) is 0 Å². The highest BCUT2D eigenvalue weighted by atomic mass is 16.5. The van der Waals surface area contributed by atoms with Crippen LogP contribution in [0.15, 0.2) is 40.8 Å². The summed E-state index contributed by atoms with van der Waals surface area (Å²) in [5.41, 5.74) is 1.15. The Morgan fingerprint density at radius 2 is 1.95 bits per heavy atom. The quantitative estimate of drug-likeness (QED) is 0.841. The number of hydrogen-bond acceptors (Lipinski definition) is 3. The van der Waals surface area contributed by atoms with E-state index in [4.69, 9.17) is 14.3 Å². The number of para-hydroxylation sites is 1. The Morgan fingerprint density at radius 3 is 2.57 bits per heavy atom. The van der Waals surface area contributed by atoms with Gasteiger partial charge >= 0.3 is 5.97 Å². The Hall–Kier alpha value is -2.23. The Balaban J connectivity index is 2.19. The zero-order valence-corrected chi connectivity index (χ0v) is 12.5. The molecule has 1 aromatic carbocycles. The summed E-state index contributed by atoms with van der Waals surface area (Å²) in [6.07, 6.45) is 0.682. The molecule has 4 nitrogen and oxygen atoms in total. The lowest BCUT2D eigenvalue weighted by atomic mass is 9.98. The largest absolute Gasteiger partial charge is 0.482 e. The van der Waals surface area contributed by atoms with E-state index in [9.17, 15) is 4.79 Å². The maximum Gasteiger partial charge on any atom is 0.371 e. The maximum absolute atomic E-state index is 10.8. The Kier molecular flexibility index (Phi) is 4.68. The van der Waals surface area contributed by atoms with Crippen LogP contribution in [0.3, 0.4) is 0 Å². The Labute approximate surface area is 124 Å². The third kappa shape index (κ3) is 3.45. The van der Waals surface area contributed by atoms with E-state index in [1.54, 1.807) is 6.07 Å². The molecule has 4 heteroatoms. The SMILES string of the molecule is CCC(C)c1ccccc1OC(C)c1ccc(C(=O)O)o1. The first-order valence-electron chi connectivity index (χ1n) is 7.11. The van der Waals surface area contributed by atoms with E-state index in [1.807, 2.05) is 25.1 Å². The minimum absolute atomic E-state index is 0.0735. The molecule has 0 aliphatic heterocycles. The zero-order valence-electron chi connectivity index (χ0n) is 12.5. The number of hydrogen-bond donors (Lipinski definition) is 1. The highest BCUT2D eigenvalue weighted by Gasteiger charge is 2.17. The van der Waals surface area contributed by atoms with Crippen LogP contribution < -0.4 is 4.74 Å². The van der Waals surface area contributed by atoms with Crippen LogP contribution in [0.2, 0.25) is 0 Å². The van der Waals surface area contributed by atoms with Gasteiger partial charge in [0.15, 0.2) is 6.10 Å². The van der Waals surface area contributed by atoms with Crippen molar-refractivity contribution < 1.29 is 19.1 Å². The summed E-state index contributed by atoms with van der Waals surface area (Å²) in [6.45, 7) is 6.14. The smallest absolute Gasteiger partial charge is 0.371 e. The molecule has 2 unspecified atom stereocenters. The third-order valence-electron chi connectivity index (χ3n) is 3.60. The Bertz CT molecular complexity index is 615. The van der Waals surface area contributed by atoms with Gasteiger partial charge in [0, 0.05) is 0 Å². The fraction of sp³-hybridized carbons (Fsp3) is 0.353. The van der Waals surface area contributed by atoms with E-state index < -0.39 is 5.97 Å². The van der Waals surface area contributed by atoms with Crippen LogP contribution in [0.25, 0.3) is 0 Å². The lowest BCUT2D eigenvalue weighted by molar-refractivity contribution is 0.0655. The summed E-state index contributed by atoms with van der Waals surface area (Å²) in [5.74, 6) is 0.572. The average Bonchev–Trinajstić information content (AvgIpc) is 2.97. The minimum Gasteiger partial charge on any atom is -0.482 e. The van der Waals surface area contributed by atoms with Crippen molar-refractivity contribution in [1.82, 2.24) is 0 Å². The predicted octanol–water partition coefficient (Wildman–Crippen LogP) is 4.63. The molecule has 0 amide bonds. The molecular weight excluding hydrogens is 268 g/mol. The number of carbonyl (C=O) groups is 1. The molecule has 0 bridgehead atoms. The molecule has 0 spiro atoms. The van der Waals surface area contributed by atoms with Gasteiger partial charge in [0.2, 0.25) is 5.76 Å². The molecule has 0 saturated carbocycles. The van der Waals surface area contributed by atoms with Crippen molar-refractivity contribution in [2.24, 2.45) is 0 Å². The summed E-state index contributed by atoms with van der Waals surface area (Å²) >= 11 is 0. The van der Waals surface area contributed by atoms with Gasteiger partial charge in [0.1, 0.15) is 11.5 Å². The summed E-state index contributed by atoms with van der Waals surface area (Å²) < 4.78 is 11.2. The second-order valence-corrected chi connectivity index (χ2v) is 5.11. The number of benzene rings is 1. The highest BCUT2D eigenvalue weighted by molar-refractivity contribution is 5.84. The lowest BCUT2D eigenvalue weighted by Gasteiger charge is -2.18. The molecule has 1 heterocycles. The molecule has 0 aliphatic rings. The summed E-state index contributed by atoms with van der Waals surface area (Å²) in [5, 5.41) is 8.88. The Morgan fingerprint density at radius 1 is 1.24 bits per heavy atom. The van der Waals surface area contributed by atoms with Crippen molar-refractivity contribution in [2.75, 3.05) is 0 Å². The van der Waals surface area contributed by atoms with Crippen molar-refractivity contribution in [1.29, 1.82) is 0 Å². The fourth-order valence-corrected chi connectivity index (χ4v) is 2.15. The summed E-state index contributed by atoms with van der Waals surface area (Å²) in [6, 6.07) is 11.0. The molecule has 2 atom stereocenters. The number of carboxylic acid groups (broad SMARTS) is 1. The monoisotopic (exact) mass is 288 g/mol. The first-order valence-corrected chi connectivity index (χ1v) is 7.11. The molecule has 0 saturated heterocycles. The van der Waals surface area contributed by atoms with Crippen molar-refractivity contribution in [3.8, 4) is 5.75 Å². The second-order valence-electron chi connectivity index (χ2n) is 5.11. The molecule has 0 aliphatic carbocycles. The minimum atomic E-state index is -1.08. The van der Waals surface area contributed by atoms with Gasteiger partial charge in [0.25, 0.3) is 0 Å². The topological polar surface area (TPSA) is 59.7 Å². The third-order valence-corrected chi connectivity index (χ3v) is 3.60. The van der Waals surface area contributed by atoms with Crippen molar-refractivity contribution in [2.45, 2.75) is 39.2 Å². The first kappa shape index (κ1) is 15.2. The summed E-state index contributed by atoms with van der Waals surface area (Å²) in [7, 11) is 0. The fourth-order valence-electron chi connectivity index (χ4n) is 2.15. The van der Waals surface area contributed by atoms with Gasteiger partial charge in [-0.05, 0) is 43.0 Å². The second kappa shape index (κ2) is 6.48. The van der Waals surface area contributed by atoms with Crippen LogP contribution in [0.5, 0.6) is 5.75 Å². The van der Waals surface area contributed by atoms with Crippen LogP contribution in [0, 0.1) is 0 Å². The number of rotatable bonds is 6. The van der Waals surface area contributed by atoms with E-state index in [-0.39, 0.29) is 11.9 Å². The molecule has 112 valence electrons. The van der Waals surface area contributed by atoms with E-state index in [1.165, 1.54) is 6.07 Å². The molecule has 21 heavy (non-hydrogen) atoms. The molecule has 0 radical (unpaired) electrons. The summed E-state index contributed by atoms with van der Waals surface area (Å²) in [4.78, 5) is 10.8. The normalized spacial score (nSPS) is 13.7. The van der Waals surface area contributed by atoms with Gasteiger partial charge in [-0.3, -0.25) is 0 Å². The van der Waals surface area contributed by atoms with Crippen LogP contribution in [-0.4, -0.2) is 11.1 Å². The molecule has 1 aromatic heterocycles. The molecule has 0 fully saturated rings. The zero-order chi connectivity index (χ0) is 15.4. The number of aromatic carboxylic acids is 1. The van der Waals surface area contributed by atoms with Crippen molar-refractivity contribution in [3.63, 3.8) is 0 Å². The molecule has 2 rings (SSSR count). The standard InChI is InChI=1S/C17H20O4/c1-4-11(2)13-7-5-6-8-15(13)20-12(3)14-9-10-16(21-14)17(18)19/h5-12H,4H2,1-3H3,(H,18,19). The van der Waals surface area contributed by atoms with Crippen molar-refractivity contribution in [3.05, 3.63) is 53.5 Å². The first-order chi connectivity index (χ1) is 10.0. The molecule has 2 aromatic rings. The average molecular weight is 288 g/mol. The van der Waals surface area contributed by atoms with Crippen LogP contribution >= 0.6 is 0 Å². The number of ether oxygens (including phenoxy) is 1. The van der Waals surface area contributed by atoms with Gasteiger partial charge in [-0.1, -0.05) is 32.0 Å². The maximum atomic E-state index is 10.8. The van der Waals surface area contributed by atoms with Crippen molar-refractivity contribution >= 4 is 5.97 Å². The number of furan rings is 1. The van der Waals surface area contributed by atoms with E-state index in [2.05, 4.69) is 19.9 Å². The lowest BCUT2D eigenvalue weighted by Crippen LogP contribution is -2.05. The van der Waals surface area contributed by atoms with Crippen LogP contribution in [-0.2, 0) is 0 Å². The number of carboxylic acids is 1. The van der Waals surface area contributed by atoms with Gasteiger partial charge in [0.05, 0.1) is 0 Å². The van der Waals surface area contributed by atoms with Crippen LogP contribution in [0.1, 0.15) is 61.1 Å². The van der Waals surface area contributed by atoms with E-state index >= 15 is 0 Å². The highest BCUT2D eigenvalue weighted by Crippen LogP contribution is 2.32. The van der Waals surface area contributed by atoms with Crippen LogP contribution in [0.4, 0.5) is 0 Å². The van der Waals surface area contributed by atoms with Gasteiger partial charge < -0.3 is 14.3 Å². The van der Waals surface area contributed by atoms with E-state index in [0.29, 0.717) is 11.7 Å². The predicted molar refractivity (Wildman–Crippen MR) is 79.9 cm³/mol. The molecule has 1 N–H and O–H groups in total. The molecular formula is C17H20O4. The van der Waals surface area contributed by atoms with Gasteiger partial charge in [-0.25, -0.2) is 4.79 Å². The van der Waals surface area contributed by atoms with Gasteiger partial charge in [-0.15, -0.1) is 0 Å². The van der Waals surface area contributed by atoms with E-state index in [0.717, 1.165) is 17.7 Å².